The standard InChI is InChI=1S/C23H23FN4S/c1-17-5-3-6-21(18(17)2)26-23-28(13-4-12-27-14-11-25-16-27)22(15-29-23)19-7-9-20(24)10-8-19/h3,5-11,14-16H,4,12-13H2,1-2H3. The van der Waals surface area contributed by atoms with Crippen LogP contribution in [0.2, 0.25) is 0 Å². The number of benzene rings is 2. The highest BCUT2D eigenvalue weighted by Crippen LogP contribution is 2.24. The molecule has 0 fully saturated rings. The third-order valence-electron chi connectivity index (χ3n) is 5.09. The Labute approximate surface area is 173 Å². The lowest BCUT2D eigenvalue weighted by atomic mass is 10.1. The molecule has 0 saturated carbocycles. The van der Waals surface area contributed by atoms with Gasteiger partial charge in [-0.05, 0) is 67.3 Å². The van der Waals surface area contributed by atoms with E-state index < -0.39 is 0 Å². The Morgan fingerprint density at radius 1 is 1.07 bits per heavy atom. The fraction of sp³-hybridized carbons (Fsp3) is 0.217. The first-order valence-corrected chi connectivity index (χ1v) is 10.5. The molecule has 0 radical (unpaired) electrons. The molecule has 29 heavy (non-hydrogen) atoms. The number of imidazole rings is 1. The predicted molar refractivity (Wildman–Crippen MR) is 116 cm³/mol. The van der Waals surface area contributed by atoms with Crippen molar-refractivity contribution in [1.82, 2.24) is 14.1 Å². The molecule has 0 aliphatic heterocycles. The van der Waals surface area contributed by atoms with Crippen molar-refractivity contribution >= 4 is 17.0 Å². The number of aryl methyl sites for hydroxylation is 2. The van der Waals surface area contributed by atoms with Crippen LogP contribution in [0.5, 0.6) is 0 Å². The van der Waals surface area contributed by atoms with Crippen LogP contribution >= 0.6 is 11.3 Å². The molecule has 2 aromatic heterocycles. The zero-order valence-electron chi connectivity index (χ0n) is 16.5. The van der Waals surface area contributed by atoms with Gasteiger partial charge in [-0.3, -0.25) is 0 Å². The van der Waals surface area contributed by atoms with E-state index in [0.717, 1.165) is 41.3 Å². The molecule has 0 atom stereocenters. The Balaban J connectivity index is 1.73. The Hall–Kier alpha value is -2.99. The van der Waals surface area contributed by atoms with Gasteiger partial charge in [-0.25, -0.2) is 14.4 Å². The highest BCUT2D eigenvalue weighted by molar-refractivity contribution is 7.07. The molecule has 4 nitrogen and oxygen atoms in total. The van der Waals surface area contributed by atoms with E-state index in [2.05, 4.69) is 45.5 Å². The van der Waals surface area contributed by atoms with Crippen molar-refractivity contribution in [3.05, 3.63) is 88.3 Å². The largest absolute Gasteiger partial charge is 0.337 e. The summed E-state index contributed by atoms with van der Waals surface area (Å²) < 4.78 is 17.7. The Kier molecular flexibility index (Phi) is 5.71. The first-order chi connectivity index (χ1) is 14.1. The van der Waals surface area contributed by atoms with Gasteiger partial charge in [-0.1, -0.05) is 12.1 Å². The van der Waals surface area contributed by atoms with E-state index >= 15 is 0 Å². The summed E-state index contributed by atoms with van der Waals surface area (Å²) in [7, 11) is 0. The number of rotatable bonds is 6. The van der Waals surface area contributed by atoms with Gasteiger partial charge >= 0.3 is 0 Å². The molecule has 0 saturated heterocycles. The first kappa shape index (κ1) is 19.3. The van der Waals surface area contributed by atoms with Crippen molar-refractivity contribution in [1.29, 1.82) is 0 Å². The summed E-state index contributed by atoms with van der Waals surface area (Å²) >= 11 is 1.62. The van der Waals surface area contributed by atoms with Crippen LogP contribution in [-0.2, 0) is 13.1 Å². The fourth-order valence-corrected chi connectivity index (χ4v) is 4.22. The Morgan fingerprint density at radius 3 is 2.66 bits per heavy atom. The topological polar surface area (TPSA) is 35.1 Å². The maximum Gasteiger partial charge on any atom is 0.190 e. The number of halogens is 1. The van der Waals surface area contributed by atoms with Gasteiger partial charge in [0.2, 0.25) is 0 Å². The summed E-state index contributed by atoms with van der Waals surface area (Å²) in [6.07, 6.45) is 6.55. The van der Waals surface area contributed by atoms with E-state index in [1.54, 1.807) is 17.5 Å². The second kappa shape index (κ2) is 8.57. The van der Waals surface area contributed by atoms with Gasteiger partial charge in [0.1, 0.15) is 5.82 Å². The zero-order chi connectivity index (χ0) is 20.2. The molecule has 0 amide bonds. The molecule has 148 valence electrons. The summed E-state index contributed by atoms with van der Waals surface area (Å²) in [5.41, 5.74) is 5.46. The van der Waals surface area contributed by atoms with Crippen LogP contribution in [0.1, 0.15) is 17.5 Å². The van der Waals surface area contributed by atoms with Crippen LogP contribution in [-0.4, -0.2) is 14.1 Å². The van der Waals surface area contributed by atoms with E-state index in [4.69, 9.17) is 4.99 Å². The van der Waals surface area contributed by atoms with Gasteiger partial charge in [-0.15, -0.1) is 11.3 Å². The maximum atomic E-state index is 13.4. The van der Waals surface area contributed by atoms with Crippen molar-refractivity contribution in [3.63, 3.8) is 0 Å². The maximum absolute atomic E-state index is 13.4. The van der Waals surface area contributed by atoms with Crippen LogP contribution in [0, 0.1) is 19.7 Å². The molecule has 0 spiro atoms. The molecule has 4 aromatic rings. The molecule has 0 bridgehead atoms. The number of nitrogens with zero attached hydrogens (tertiary/aromatic N) is 4. The summed E-state index contributed by atoms with van der Waals surface area (Å²) in [6.45, 7) is 5.91. The lowest BCUT2D eigenvalue weighted by molar-refractivity contribution is 0.559. The molecule has 4 rings (SSSR count). The molecule has 0 N–H and O–H groups in total. The van der Waals surface area contributed by atoms with Gasteiger partial charge in [0, 0.05) is 30.9 Å². The van der Waals surface area contributed by atoms with Crippen molar-refractivity contribution in [2.24, 2.45) is 4.99 Å². The van der Waals surface area contributed by atoms with Gasteiger partial charge in [-0.2, -0.15) is 0 Å². The highest BCUT2D eigenvalue weighted by atomic mass is 32.1. The minimum atomic E-state index is -0.226. The zero-order valence-corrected chi connectivity index (χ0v) is 17.4. The predicted octanol–water partition coefficient (Wildman–Crippen LogP) is 5.49. The minimum Gasteiger partial charge on any atom is -0.337 e. The number of thiazole rings is 1. The van der Waals surface area contributed by atoms with Gasteiger partial charge in [0.25, 0.3) is 0 Å². The SMILES string of the molecule is Cc1cccc(N=c2scc(-c3ccc(F)cc3)n2CCCn2ccnc2)c1C. The normalized spacial score (nSPS) is 11.9. The van der Waals surface area contributed by atoms with Crippen molar-refractivity contribution < 1.29 is 4.39 Å². The van der Waals surface area contributed by atoms with Crippen LogP contribution in [0.15, 0.2) is 71.6 Å². The molecule has 0 aliphatic carbocycles. The van der Waals surface area contributed by atoms with Crippen LogP contribution < -0.4 is 4.80 Å². The van der Waals surface area contributed by atoms with E-state index in [1.165, 1.54) is 23.3 Å². The number of aromatic nitrogens is 3. The molecule has 0 aliphatic rings. The number of hydrogen-bond acceptors (Lipinski definition) is 3. The van der Waals surface area contributed by atoms with Crippen molar-refractivity contribution in [2.75, 3.05) is 0 Å². The van der Waals surface area contributed by atoms with Crippen LogP contribution in [0.25, 0.3) is 11.3 Å². The summed E-state index contributed by atoms with van der Waals surface area (Å²) in [4.78, 5) is 10.0. The average molecular weight is 407 g/mol. The Morgan fingerprint density at radius 2 is 1.90 bits per heavy atom. The second-order valence-corrected chi connectivity index (χ2v) is 7.88. The third kappa shape index (κ3) is 4.38. The van der Waals surface area contributed by atoms with E-state index in [0.29, 0.717) is 0 Å². The first-order valence-electron chi connectivity index (χ1n) is 9.63. The van der Waals surface area contributed by atoms with Crippen LogP contribution in [0.4, 0.5) is 10.1 Å². The molecule has 0 unspecified atom stereocenters. The average Bonchev–Trinajstić information content (AvgIpc) is 3.37. The number of hydrogen-bond donors (Lipinski definition) is 0. The quantitative estimate of drug-likeness (QED) is 0.417. The second-order valence-electron chi connectivity index (χ2n) is 7.05. The van der Waals surface area contributed by atoms with E-state index in [9.17, 15) is 4.39 Å². The Bertz CT molecular complexity index is 1150. The van der Waals surface area contributed by atoms with Crippen molar-refractivity contribution in [3.8, 4) is 11.3 Å². The fourth-order valence-electron chi connectivity index (χ4n) is 3.28. The summed E-state index contributed by atoms with van der Waals surface area (Å²) in [5.74, 6) is -0.226. The summed E-state index contributed by atoms with van der Waals surface area (Å²) in [5, 5.41) is 2.11. The molecule has 2 heterocycles. The molecular weight excluding hydrogens is 383 g/mol. The highest BCUT2D eigenvalue weighted by Gasteiger charge is 2.09. The minimum absolute atomic E-state index is 0.226. The van der Waals surface area contributed by atoms with E-state index in [1.807, 2.05) is 30.7 Å². The van der Waals surface area contributed by atoms with Gasteiger partial charge < -0.3 is 9.13 Å². The van der Waals surface area contributed by atoms with Gasteiger partial charge in [0.05, 0.1) is 17.7 Å². The molecular formula is C23H23FN4S. The monoisotopic (exact) mass is 406 g/mol. The summed E-state index contributed by atoms with van der Waals surface area (Å²) in [6, 6.07) is 12.9. The lowest BCUT2D eigenvalue weighted by Gasteiger charge is -2.10. The lowest BCUT2D eigenvalue weighted by Crippen LogP contribution is -2.17. The van der Waals surface area contributed by atoms with Crippen molar-refractivity contribution in [2.45, 2.75) is 33.4 Å². The smallest absolute Gasteiger partial charge is 0.190 e. The molecule has 6 heteroatoms. The third-order valence-corrected chi connectivity index (χ3v) is 5.95. The molecule has 2 aromatic carbocycles. The van der Waals surface area contributed by atoms with E-state index in [-0.39, 0.29) is 5.82 Å². The van der Waals surface area contributed by atoms with Crippen LogP contribution in [0.3, 0.4) is 0 Å². The van der Waals surface area contributed by atoms with Gasteiger partial charge in [0.15, 0.2) is 4.80 Å².